The molecule has 0 unspecified atom stereocenters. The second kappa shape index (κ2) is 7.45. The number of hydrogen-bond acceptors (Lipinski definition) is 4. The second-order valence-electron chi connectivity index (χ2n) is 6.30. The van der Waals surface area contributed by atoms with Crippen molar-refractivity contribution in [3.8, 4) is 0 Å². The van der Waals surface area contributed by atoms with Crippen LogP contribution < -0.4 is 5.32 Å². The number of carbonyl (C=O) groups excluding carboxylic acids is 3. The summed E-state index contributed by atoms with van der Waals surface area (Å²) >= 11 is 0. The zero-order valence-electron chi connectivity index (χ0n) is 14.9. The summed E-state index contributed by atoms with van der Waals surface area (Å²) in [5, 5.41) is 1.78. The summed E-state index contributed by atoms with van der Waals surface area (Å²) in [6.45, 7) is 6.22. The fraction of sp³-hybridized carbons (Fsp3) is 0.688. The first kappa shape index (κ1) is 21.0. The molecule has 0 spiro atoms. The number of ether oxygens (including phenoxy) is 1. The minimum Gasteiger partial charge on any atom is -0.466 e. The van der Waals surface area contributed by atoms with E-state index in [4.69, 9.17) is 0 Å². The highest BCUT2D eigenvalue weighted by Gasteiger charge is 2.70. The van der Waals surface area contributed by atoms with E-state index in [2.05, 4.69) is 4.74 Å². The van der Waals surface area contributed by atoms with E-state index in [1.54, 1.807) is 26.1 Å². The van der Waals surface area contributed by atoms with Crippen LogP contribution in [0, 0.1) is 5.92 Å². The van der Waals surface area contributed by atoms with Gasteiger partial charge in [0.1, 0.15) is 5.57 Å². The number of esters is 1. The number of alkyl halides is 3. The molecule has 0 fully saturated rings. The third-order valence-electron chi connectivity index (χ3n) is 3.89. The smallest absolute Gasteiger partial charge is 0.425 e. The SMILES string of the molecule is CCCN1C(=O)[C@@](NC(=O)CC(C)C)(C(F)(F)F)C(C(=O)OC)=C1C. The normalized spacial score (nSPS) is 21.2. The van der Waals surface area contributed by atoms with Gasteiger partial charge in [0.25, 0.3) is 5.91 Å². The standard InChI is InChI=1S/C16H23F3N2O4/c1-6-7-21-10(4)12(13(23)25-5)15(14(21)24,16(17,18)19)20-11(22)8-9(2)3/h9H,6-8H2,1-5H3,(H,20,22)/t15-/m1/s1. The van der Waals surface area contributed by atoms with Gasteiger partial charge in [-0.05, 0) is 19.3 Å². The molecule has 0 saturated carbocycles. The third-order valence-corrected chi connectivity index (χ3v) is 3.89. The van der Waals surface area contributed by atoms with Crippen molar-refractivity contribution in [1.29, 1.82) is 0 Å². The van der Waals surface area contributed by atoms with Crippen molar-refractivity contribution in [3.63, 3.8) is 0 Å². The van der Waals surface area contributed by atoms with Gasteiger partial charge in [-0.2, -0.15) is 13.2 Å². The van der Waals surface area contributed by atoms with E-state index in [-0.39, 0.29) is 24.6 Å². The highest BCUT2D eigenvalue weighted by Crippen LogP contribution is 2.45. The molecule has 6 nitrogen and oxygen atoms in total. The Hall–Kier alpha value is -2.06. The second-order valence-corrected chi connectivity index (χ2v) is 6.30. The van der Waals surface area contributed by atoms with Crippen molar-refractivity contribution < 1.29 is 32.3 Å². The molecule has 1 atom stereocenters. The highest BCUT2D eigenvalue weighted by atomic mass is 19.4. The number of methoxy groups -OCH3 is 1. The largest absolute Gasteiger partial charge is 0.466 e. The van der Waals surface area contributed by atoms with Crippen LogP contribution in [-0.4, -0.2) is 48.1 Å². The number of nitrogens with zero attached hydrogens (tertiary/aromatic N) is 1. The predicted octanol–water partition coefficient (Wildman–Crippen LogP) is 2.15. The topological polar surface area (TPSA) is 75.7 Å². The lowest BCUT2D eigenvalue weighted by Crippen LogP contribution is -2.66. The molecule has 0 aliphatic carbocycles. The van der Waals surface area contributed by atoms with Gasteiger partial charge in [0.05, 0.1) is 7.11 Å². The number of carbonyl (C=O) groups is 3. The minimum atomic E-state index is -5.20. The molecule has 1 aliphatic heterocycles. The van der Waals surface area contributed by atoms with Crippen LogP contribution in [0.5, 0.6) is 0 Å². The van der Waals surface area contributed by atoms with Crippen LogP contribution in [0.15, 0.2) is 11.3 Å². The lowest BCUT2D eigenvalue weighted by Gasteiger charge is -2.33. The zero-order chi connectivity index (χ0) is 19.6. The van der Waals surface area contributed by atoms with Crippen molar-refractivity contribution >= 4 is 17.8 Å². The number of amides is 2. The van der Waals surface area contributed by atoms with Gasteiger partial charge in [0.15, 0.2) is 0 Å². The summed E-state index contributed by atoms with van der Waals surface area (Å²) in [5.74, 6) is -3.88. The van der Waals surface area contributed by atoms with Gasteiger partial charge in [0.2, 0.25) is 11.4 Å². The van der Waals surface area contributed by atoms with Gasteiger partial charge >= 0.3 is 12.1 Å². The summed E-state index contributed by atoms with van der Waals surface area (Å²) < 4.78 is 46.4. The van der Waals surface area contributed by atoms with E-state index in [0.717, 1.165) is 12.0 Å². The number of halogens is 3. The van der Waals surface area contributed by atoms with Gasteiger partial charge in [-0.15, -0.1) is 0 Å². The molecular weight excluding hydrogens is 341 g/mol. The maximum absolute atomic E-state index is 14.0. The van der Waals surface area contributed by atoms with E-state index in [0.29, 0.717) is 6.42 Å². The molecule has 9 heteroatoms. The van der Waals surface area contributed by atoms with Gasteiger partial charge in [0, 0.05) is 18.7 Å². The Labute approximate surface area is 144 Å². The minimum absolute atomic E-state index is 0.0109. The van der Waals surface area contributed by atoms with Crippen molar-refractivity contribution in [2.75, 3.05) is 13.7 Å². The average Bonchev–Trinajstić information content (AvgIpc) is 2.68. The van der Waals surface area contributed by atoms with Crippen LogP contribution in [0.25, 0.3) is 0 Å². The Kier molecular flexibility index (Phi) is 6.25. The predicted molar refractivity (Wildman–Crippen MR) is 83.1 cm³/mol. The first-order chi connectivity index (χ1) is 11.4. The average molecular weight is 364 g/mol. The Morgan fingerprint density at radius 2 is 1.88 bits per heavy atom. The molecular formula is C16H23F3N2O4. The van der Waals surface area contributed by atoms with Crippen molar-refractivity contribution in [2.24, 2.45) is 5.92 Å². The lowest BCUT2D eigenvalue weighted by atomic mass is 9.88. The molecule has 0 radical (unpaired) electrons. The quantitative estimate of drug-likeness (QED) is 0.733. The Morgan fingerprint density at radius 3 is 2.28 bits per heavy atom. The Balaban J connectivity index is 3.58. The summed E-state index contributed by atoms with van der Waals surface area (Å²) in [4.78, 5) is 37.7. The van der Waals surface area contributed by atoms with E-state index >= 15 is 0 Å². The summed E-state index contributed by atoms with van der Waals surface area (Å²) in [6, 6.07) is 0. The van der Waals surface area contributed by atoms with E-state index in [1.165, 1.54) is 6.92 Å². The van der Waals surface area contributed by atoms with Gasteiger partial charge in [-0.1, -0.05) is 20.8 Å². The van der Waals surface area contributed by atoms with Crippen LogP contribution in [0.3, 0.4) is 0 Å². The fourth-order valence-corrected chi connectivity index (χ4v) is 2.84. The number of nitrogens with one attached hydrogen (secondary N) is 1. The van der Waals surface area contributed by atoms with Crippen molar-refractivity contribution in [3.05, 3.63) is 11.3 Å². The monoisotopic (exact) mass is 364 g/mol. The van der Waals surface area contributed by atoms with Crippen molar-refractivity contribution in [1.82, 2.24) is 10.2 Å². The molecule has 0 bridgehead atoms. The van der Waals surface area contributed by atoms with Crippen molar-refractivity contribution in [2.45, 2.75) is 52.3 Å². The fourth-order valence-electron chi connectivity index (χ4n) is 2.84. The first-order valence-corrected chi connectivity index (χ1v) is 7.93. The van der Waals surface area contributed by atoms with Crippen LogP contribution in [0.1, 0.15) is 40.5 Å². The molecule has 1 aliphatic rings. The molecule has 142 valence electrons. The van der Waals surface area contributed by atoms with Crippen LogP contribution in [-0.2, 0) is 19.1 Å². The van der Waals surface area contributed by atoms with Gasteiger partial charge in [-0.3, -0.25) is 9.59 Å². The van der Waals surface area contributed by atoms with E-state index in [9.17, 15) is 27.6 Å². The first-order valence-electron chi connectivity index (χ1n) is 7.93. The third kappa shape index (κ3) is 3.64. The van der Waals surface area contributed by atoms with Crippen LogP contribution >= 0.6 is 0 Å². The summed E-state index contributed by atoms with van der Waals surface area (Å²) in [6.07, 6.45) is -5.04. The molecule has 1 N–H and O–H groups in total. The molecule has 25 heavy (non-hydrogen) atoms. The zero-order valence-corrected chi connectivity index (χ0v) is 14.9. The molecule has 0 aromatic heterocycles. The summed E-state index contributed by atoms with van der Waals surface area (Å²) in [5.41, 5.74) is -4.48. The number of allylic oxidation sites excluding steroid dienone is 1. The number of hydrogen-bond donors (Lipinski definition) is 1. The molecule has 0 saturated heterocycles. The molecule has 0 aromatic rings. The Bertz CT molecular complexity index is 599. The maximum atomic E-state index is 14.0. The molecule has 2 amide bonds. The van der Waals surface area contributed by atoms with Gasteiger partial charge in [-0.25, -0.2) is 4.79 Å². The molecule has 1 heterocycles. The molecule has 0 aromatic carbocycles. The van der Waals surface area contributed by atoms with E-state index in [1.807, 2.05) is 0 Å². The maximum Gasteiger partial charge on any atom is 0.425 e. The summed E-state index contributed by atoms with van der Waals surface area (Å²) in [7, 11) is 0.923. The van der Waals surface area contributed by atoms with E-state index < -0.39 is 35.1 Å². The lowest BCUT2D eigenvalue weighted by molar-refractivity contribution is -0.196. The van der Waals surface area contributed by atoms with Gasteiger partial charge < -0.3 is 15.0 Å². The van der Waals surface area contributed by atoms with Crippen LogP contribution in [0.2, 0.25) is 0 Å². The highest BCUT2D eigenvalue weighted by molar-refractivity contribution is 6.10. The number of rotatable bonds is 6. The Morgan fingerprint density at radius 1 is 1.32 bits per heavy atom. The van der Waals surface area contributed by atoms with Crippen LogP contribution in [0.4, 0.5) is 13.2 Å². The molecule has 1 rings (SSSR count).